The van der Waals surface area contributed by atoms with Crippen molar-refractivity contribution in [1.29, 1.82) is 0 Å². The molecule has 2 aromatic heterocycles. The Bertz CT molecular complexity index is 632. The number of hydrogen-bond acceptors (Lipinski definition) is 5. The first kappa shape index (κ1) is 12.0. The van der Waals surface area contributed by atoms with E-state index in [4.69, 9.17) is 0 Å². The largest absolute Gasteiger partial charge is 0.307 e. The number of nitrogens with one attached hydrogen (secondary N) is 1. The molecule has 0 saturated heterocycles. The predicted octanol–water partition coefficient (Wildman–Crippen LogP) is 2.03. The lowest BCUT2D eigenvalue weighted by atomic mass is 10.1. The molecule has 6 heteroatoms. The molecule has 0 aliphatic heterocycles. The third-order valence-electron chi connectivity index (χ3n) is 2.93. The number of hydrogen-bond donors (Lipinski definition) is 1. The van der Waals surface area contributed by atoms with Crippen LogP contribution in [-0.2, 0) is 0 Å². The molecule has 0 amide bonds. The summed E-state index contributed by atoms with van der Waals surface area (Å²) >= 11 is 1.35. The van der Waals surface area contributed by atoms with Gasteiger partial charge in [-0.05, 0) is 36.8 Å². The van der Waals surface area contributed by atoms with Gasteiger partial charge in [0.1, 0.15) is 0 Å². The van der Waals surface area contributed by atoms with E-state index in [9.17, 15) is 0 Å². The number of rotatable bonds is 4. The van der Waals surface area contributed by atoms with Crippen molar-refractivity contribution in [1.82, 2.24) is 24.7 Å². The van der Waals surface area contributed by atoms with Crippen molar-refractivity contribution in [3.8, 4) is 5.69 Å². The Balaban J connectivity index is 2.04. The molecule has 3 rings (SSSR count). The van der Waals surface area contributed by atoms with Crippen molar-refractivity contribution in [2.24, 2.45) is 0 Å². The maximum atomic E-state index is 4.40. The van der Waals surface area contributed by atoms with Crippen LogP contribution >= 0.6 is 11.5 Å². The molecule has 1 unspecified atom stereocenters. The molecule has 0 aliphatic carbocycles. The van der Waals surface area contributed by atoms with E-state index < -0.39 is 0 Å². The normalized spacial score (nSPS) is 12.5. The van der Waals surface area contributed by atoms with Crippen LogP contribution in [0.2, 0.25) is 0 Å². The minimum absolute atomic E-state index is 0.0125. The summed E-state index contributed by atoms with van der Waals surface area (Å²) in [4.78, 5) is 0. The fourth-order valence-corrected chi connectivity index (χ4v) is 2.54. The lowest BCUT2D eigenvalue weighted by Crippen LogP contribution is -2.21. The predicted molar refractivity (Wildman–Crippen MR) is 74.4 cm³/mol. The van der Waals surface area contributed by atoms with Gasteiger partial charge in [0.2, 0.25) is 0 Å². The third kappa shape index (κ3) is 2.27. The second kappa shape index (κ2) is 5.29. The molecule has 19 heavy (non-hydrogen) atoms. The fraction of sp³-hybridized carbons (Fsp3) is 0.154. The van der Waals surface area contributed by atoms with Crippen LogP contribution in [0.1, 0.15) is 17.4 Å². The van der Waals surface area contributed by atoms with Gasteiger partial charge >= 0.3 is 0 Å². The summed E-state index contributed by atoms with van der Waals surface area (Å²) in [6.45, 7) is 0. The Morgan fingerprint density at radius 2 is 2.05 bits per heavy atom. The topological polar surface area (TPSA) is 55.6 Å². The van der Waals surface area contributed by atoms with Crippen LogP contribution in [0, 0.1) is 0 Å². The molecular weight excluding hydrogens is 258 g/mol. The summed E-state index contributed by atoms with van der Waals surface area (Å²) in [5.74, 6) is 0. The molecule has 0 aliphatic rings. The van der Waals surface area contributed by atoms with Gasteiger partial charge in [-0.2, -0.15) is 5.10 Å². The number of benzene rings is 1. The molecule has 1 aromatic carbocycles. The van der Waals surface area contributed by atoms with E-state index in [0.717, 1.165) is 17.1 Å². The van der Waals surface area contributed by atoms with Gasteiger partial charge in [-0.25, -0.2) is 4.68 Å². The van der Waals surface area contributed by atoms with Gasteiger partial charge in [-0.3, -0.25) is 0 Å². The molecular formula is C13H13N5S. The van der Waals surface area contributed by atoms with Gasteiger partial charge < -0.3 is 5.32 Å². The van der Waals surface area contributed by atoms with Crippen LogP contribution in [-0.4, -0.2) is 26.4 Å². The number of aromatic nitrogens is 4. The quantitative estimate of drug-likeness (QED) is 0.789. The highest BCUT2D eigenvalue weighted by molar-refractivity contribution is 7.03. The molecule has 2 heterocycles. The van der Waals surface area contributed by atoms with E-state index in [1.807, 2.05) is 53.5 Å². The Morgan fingerprint density at radius 1 is 1.21 bits per heavy atom. The van der Waals surface area contributed by atoms with E-state index >= 15 is 0 Å². The zero-order valence-electron chi connectivity index (χ0n) is 10.4. The summed E-state index contributed by atoms with van der Waals surface area (Å²) in [6.07, 6.45) is 1.80. The highest BCUT2D eigenvalue weighted by Crippen LogP contribution is 2.22. The number of para-hydroxylation sites is 1. The number of nitrogens with zero attached hydrogens (tertiary/aromatic N) is 4. The van der Waals surface area contributed by atoms with E-state index in [-0.39, 0.29) is 6.04 Å². The minimum Gasteiger partial charge on any atom is -0.307 e. The van der Waals surface area contributed by atoms with E-state index in [1.165, 1.54) is 11.5 Å². The van der Waals surface area contributed by atoms with Crippen LogP contribution in [0.25, 0.3) is 5.69 Å². The van der Waals surface area contributed by atoms with Crippen molar-refractivity contribution in [3.05, 3.63) is 59.4 Å². The van der Waals surface area contributed by atoms with Crippen LogP contribution < -0.4 is 5.32 Å². The van der Waals surface area contributed by atoms with Crippen LogP contribution in [0.4, 0.5) is 0 Å². The summed E-state index contributed by atoms with van der Waals surface area (Å²) in [6, 6.07) is 12.0. The van der Waals surface area contributed by atoms with Gasteiger partial charge in [0.05, 0.1) is 23.1 Å². The van der Waals surface area contributed by atoms with Crippen molar-refractivity contribution >= 4 is 11.5 Å². The zero-order valence-corrected chi connectivity index (χ0v) is 11.2. The first-order valence-corrected chi connectivity index (χ1v) is 6.77. The average Bonchev–Trinajstić information content (AvgIpc) is 3.12. The molecule has 0 bridgehead atoms. The van der Waals surface area contributed by atoms with Crippen LogP contribution in [0.3, 0.4) is 0 Å². The third-order valence-corrected chi connectivity index (χ3v) is 3.45. The van der Waals surface area contributed by atoms with Gasteiger partial charge in [-0.15, -0.1) is 5.10 Å². The van der Waals surface area contributed by atoms with Crippen molar-refractivity contribution in [2.75, 3.05) is 7.05 Å². The highest BCUT2D eigenvalue weighted by atomic mass is 32.1. The zero-order chi connectivity index (χ0) is 13.1. The van der Waals surface area contributed by atoms with E-state index in [0.29, 0.717) is 0 Å². The van der Waals surface area contributed by atoms with Crippen molar-refractivity contribution in [2.45, 2.75) is 6.04 Å². The maximum absolute atomic E-state index is 4.40. The molecule has 0 saturated carbocycles. The summed E-state index contributed by atoms with van der Waals surface area (Å²) in [5, 5.41) is 13.7. The molecule has 0 fully saturated rings. The molecule has 1 atom stereocenters. The van der Waals surface area contributed by atoms with Gasteiger partial charge in [-0.1, -0.05) is 22.7 Å². The molecule has 0 radical (unpaired) electrons. The Kier molecular flexibility index (Phi) is 3.35. The standard InChI is InChI=1S/C13H13N5S/c1-14-13(11-9-19-17-16-11)12-7-8-15-18(12)10-5-3-2-4-6-10/h2-9,13-14H,1H3. The lowest BCUT2D eigenvalue weighted by molar-refractivity contribution is 0.620. The SMILES string of the molecule is CNC(c1csnn1)c1ccnn1-c1ccccc1. The van der Waals surface area contributed by atoms with Crippen LogP contribution in [0.15, 0.2) is 48.0 Å². The van der Waals surface area contributed by atoms with Gasteiger partial charge in [0.15, 0.2) is 0 Å². The summed E-state index contributed by atoms with van der Waals surface area (Å²) in [7, 11) is 1.91. The molecule has 1 N–H and O–H groups in total. The van der Waals surface area contributed by atoms with Crippen LogP contribution in [0.5, 0.6) is 0 Å². The fourth-order valence-electron chi connectivity index (χ4n) is 2.06. The summed E-state index contributed by atoms with van der Waals surface area (Å²) in [5.41, 5.74) is 2.98. The summed E-state index contributed by atoms with van der Waals surface area (Å²) < 4.78 is 5.84. The highest BCUT2D eigenvalue weighted by Gasteiger charge is 2.19. The first-order chi connectivity index (χ1) is 9.40. The molecule has 5 nitrogen and oxygen atoms in total. The van der Waals surface area contributed by atoms with Crippen molar-refractivity contribution < 1.29 is 0 Å². The molecule has 96 valence electrons. The van der Waals surface area contributed by atoms with E-state index in [1.54, 1.807) is 6.20 Å². The second-order valence-corrected chi connectivity index (χ2v) is 4.66. The van der Waals surface area contributed by atoms with Gasteiger partial charge in [0, 0.05) is 11.6 Å². The monoisotopic (exact) mass is 271 g/mol. The molecule has 0 spiro atoms. The first-order valence-electron chi connectivity index (χ1n) is 5.93. The Morgan fingerprint density at radius 3 is 2.74 bits per heavy atom. The maximum Gasteiger partial charge on any atom is 0.0986 e. The van der Waals surface area contributed by atoms with Crippen molar-refractivity contribution in [3.63, 3.8) is 0 Å². The second-order valence-electron chi connectivity index (χ2n) is 4.05. The Hall–Kier alpha value is -2.05. The van der Waals surface area contributed by atoms with E-state index in [2.05, 4.69) is 20.0 Å². The smallest absolute Gasteiger partial charge is 0.0986 e. The average molecular weight is 271 g/mol. The lowest BCUT2D eigenvalue weighted by Gasteiger charge is -2.15. The molecule has 3 aromatic rings. The van der Waals surface area contributed by atoms with Gasteiger partial charge in [0.25, 0.3) is 0 Å². The Labute approximate surface area is 115 Å². The minimum atomic E-state index is -0.0125.